The predicted molar refractivity (Wildman–Crippen MR) is 108 cm³/mol. The van der Waals surface area contributed by atoms with Crippen LogP contribution in [-0.4, -0.2) is 9.55 Å². The van der Waals surface area contributed by atoms with Gasteiger partial charge in [-0.05, 0) is 29.3 Å². The first-order chi connectivity index (χ1) is 13.2. The fourth-order valence-corrected chi connectivity index (χ4v) is 3.91. The number of hydrogen-bond donors (Lipinski definition) is 0. The fourth-order valence-electron chi connectivity index (χ4n) is 2.92. The van der Waals surface area contributed by atoms with Crippen LogP contribution in [0.25, 0.3) is 10.9 Å². The second kappa shape index (κ2) is 7.76. The van der Waals surface area contributed by atoms with Crippen LogP contribution >= 0.6 is 11.8 Å². The molecule has 0 spiro atoms. The maximum atomic E-state index is 14.0. The SMILES string of the molecule is O=c1c2ccccc2nc(SCc2ccccc2F)n1Cc1ccccc1. The number of thioether (sulfide) groups is 1. The summed E-state index contributed by atoms with van der Waals surface area (Å²) in [6.45, 7) is 0.428. The lowest BCUT2D eigenvalue weighted by Gasteiger charge is -2.13. The van der Waals surface area contributed by atoms with Crippen molar-refractivity contribution in [3.05, 3.63) is 106 Å². The lowest BCUT2D eigenvalue weighted by atomic mass is 10.2. The van der Waals surface area contributed by atoms with Gasteiger partial charge >= 0.3 is 0 Å². The van der Waals surface area contributed by atoms with E-state index in [1.807, 2.05) is 54.6 Å². The Morgan fingerprint density at radius 2 is 1.59 bits per heavy atom. The summed E-state index contributed by atoms with van der Waals surface area (Å²) < 4.78 is 15.6. The first-order valence-electron chi connectivity index (χ1n) is 8.62. The third-order valence-electron chi connectivity index (χ3n) is 4.32. The normalized spacial score (nSPS) is 11.0. The van der Waals surface area contributed by atoms with Crippen molar-refractivity contribution in [2.75, 3.05) is 0 Å². The van der Waals surface area contributed by atoms with Gasteiger partial charge in [-0.25, -0.2) is 9.37 Å². The zero-order valence-electron chi connectivity index (χ0n) is 14.5. The van der Waals surface area contributed by atoms with Gasteiger partial charge in [0, 0.05) is 5.75 Å². The minimum absolute atomic E-state index is 0.0829. The molecule has 4 rings (SSSR count). The van der Waals surface area contributed by atoms with E-state index in [0.29, 0.717) is 33.9 Å². The van der Waals surface area contributed by atoms with Gasteiger partial charge in [-0.3, -0.25) is 9.36 Å². The Morgan fingerprint density at radius 1 is 0.889 bits per heavy atom. The van der Waals surface area contributed by atoms with E-state index in [0.717, 1.165) is 5.56 Å². The molecule has 0 atom stereocenters. The zero-order valence-corrected chi connectivity index (χ0v) is 15.3. The molecule has 0 saturated carbocycles. The lowest BCUT2D eigenvalue weighted by molar-refractivity contribution is 0.616. The topological polar surface area (TPSA) is 34.9 Å². The molecule has 0 fully saturated rings. The van der Waals surface area contributed by atoms with Gasteiger partial charge in [0.2, 0.25) is 0 Å². The molecule has 0 aliphatic heterocycles. The number of fused-ring (bicyclic) bond motifs is 1. The molecule has 0 amide bonds. The van der Waals surface area contributed by atoms with E-state index in [1.165, 1.54) is 17.8 Å². The number of hydrogen-bond acceptors (Lipinski definition) is 3. The van der Waals surface area contributed by atoms with Gasteiger partial charge in [0.25, 0.3) is 5.56 Å². The highest BCUT2D eigenvalue weighted by molar-refractivity contribution is 7.98. The highest BCUT2D eigenvalue weighted by atomic mass is 32.2. The Kier molecular flexibility index (Phi) is 5.03. The summed E-state index contributed by atoms with van der Waals surface area (Å²) in [7, 11) is 0. The monoisotopic (exact) mass is 376 g/mol. The zero-order chi connectivity index (χ0) is 18.6. The van der Waals surface area contributed by atoms with Crippen LogP contribution in [-0.2, 0) is 12.3 Å². The number of halogens is 1. The highest BCUT2D eigenvalue weighted by Gasteiger charge is 2.13. The van der Waals surface area contributed by atoms with Crippen LogP contribution in [0.3, 0.4) is 0 Å². The van der Waals surface area contributed by atoms with E-state index in [9.17, 15) is 9.18 Å². The molecule has 0 N–H and O–H groups in total. The third-order valence-corrected chi connectivity index (χ3v) is 5.35. The molecule has 0 aliphatic carbocycles. The van der Waals surface area contributed by atoms with Gasteiger partial charge in [0.15, 0.2) is 5.16 Å². The first-order valence-corrected chi connectivity index (χ1v) is 9.60. The smallest absolute Gasteiger partial charge is 0.262 e. The number of rotatable bonds is 5. The molecule has 0 unspecified atom stereocenters. The standard InChI is InChI=1S/C22H17FN2OS/c23-19-12-6-4-10-17(19)15-27-22-24-20-13-7-5-11-18(20)21(26)25(22)14-16-8-2-1-3-9-16/h1-13H,14-15H2. The minimum Gasteiger partial charge on any atom is -0.283 e. The predicted octanol–water partition coefficient (Wildman–Crippen LogP) is 4.88. The van der Waals surface area contributed by atoms with Gasteiger partial charge in [0.05, 0.1) is 17.4 Å². The summed E-state index contributed by atoms with van der Waals surface area (Å²) in [5.74, 6) is 0.162. The maximum absolute atomic E-state index is 14.0. The number of aromatic nitrogens is 2. The molecule has 0 bridgehead atoms. The molecule has 0 saturated heterocycles. The van der Waals surface area contributed by atoms with Gasteiger partial charge in [-0.1, -0.05) is 72.4 Å². The quantitative estimate of drug-likeness (QED) is 0.368. The summed E-state index contributed by atoms with van der Waals surface area (Å²) in [4.78, 5) is 17.7. The third kappa shape index (κ3) is 3.78. The maximum Gasteiger partial charge on any atom is 0.262 e. The van der Waals surface area contributed by atoms with Gasteiger partial charge < -0.3 is 0 Å². The first kappa shape index (κ1) is 17.5. The van der Waals surface area contributed by atoms with Gasteiger partial charge in [-0.15, -0.1) is 0 Å². The molecule has 27 heavy (non-hydrogen) atoms. The summed E-state index contributed by atoms with van der Waals surface area (Å²) in [5.41, 5.74) is 2.18. The second-order valence-electron chi connectivity index (χ2n) is 6.17. The molecule has 3 nitrogen and oxygen atoms in total. The van der Waals surface area contributed by atoms with E-state index in [4.69, 9.17) is 0 Å². The minimum atomic E-state index is -0.247. The Morgan fingerprint density at radius 3 is 2.41 bits per heavy atom. The Hall–Kier alpha value is -2.92. The second-order valence-corrected chi connectivity index (χ2v) is 7.11. The molecule has 0 radical (unpaired) electrons. The van der Waals surface area contributed by atoms with Crippen molar-refractivity contribution in [1.29, 1.82) is 0 Å². The van der Waals surface area contributed by atoms with E-state index < -0.39 is 0 Å². The van der Waals surface area contributed by atoms with Crippen LogP contribution in [0.2, 0.25) is 0 Å². The summed E-state index contributed by atoms with van der Waals surface area (Å²) in [6.07, 6.45) is 0. The van der Waals surface area contributed by atoms with Gasteiger partial charge in [-0.2, -0.15) is 0 Å². The van der Waals surface area contributed by atoms with Crippen LogP contribution in [0.5, 0.6) is 0 Å². The fraction of sp³-hybridized carbons (Fsp3) is 0.0909. The lowest BCUT2D eigenvalue weighted by Crippen LogP contribution is -2.24. The number of nitrogens with zero attached hydrogens (tertiary/aromatic N) is 2. The van der Waals surface area contributed by atoms with Crippen molar-refractivity contribution < 1.29 is 4.39 Å². The van der Waals surface area contributed by atoms with Crippen molar-refractivity contribution >= 4 is 22.7 Å². The molecule has 134 valence electrons. The molecule has 1 heterocycles. The number of benzene rings is 3. The molecule has 1 aromatic heterocycles. The average molecular weight is 376 g/mol. The van der Waals surface area contributed by atoms with Crippen LogP contribution in [0.1, 0.15) is 11.1 Å². The van der Waals surface area contributed by atoms with Crippen LogP contribution in [0, 0.1) is 5.82 Å². The van der Waals surface area contributed by atoms with Gasteiger partial charge in [0.1, 0.15) is 5.82 Å². The van der Waals surface area contributed by atoms with E-state index in [-0.39, 0.29) is 11.4 Å². The Balaban J connectivity index is 1.76. The van der Waals surface area contributed by atoms with Crippen molar-refractivity contribution in [1.82, 2.24) is 9.55 Å². The molecule has 5 heteroatoms. The largest absolute Gasteiger partial charge is 0.283 e. The van der Waals surface area contributed by atoms with Crippen molar-refractivity contribution in [2.45, 2.75) is 17.5 Å². The highest BCUT2D eigenvalue weighted by Crippen LogP contribution is 2.24. The van der Waals surface area contributed by atoms with Crippen LogP contribution in [0.4, 0.5) is 4.39 Å². The van der Waals surface area contributed by atoms with E-state index >= 15 is 0 Å². The summed E-state index contributed by atoms with van der Waals surface area (Å²) in [5, 5.41) is 1.18. The molecular formula is C22H17FN2OS. The number of para-hydroxylation sites is 1. The summed E-state index contributed by atoms with van der Waals surface area (Å²) >= 11 is 1.37. The molecule has 0 aliphatic rings. The van der Waals surface area contributed by atoms with E-state index in [2.05, 4.69) is 4.98 Å². The van der Waals surface area contributed by atoms with Crippen molar-refractivity contribution in [3.63, 3.8) is 0 Å². The van der Waals surface area contributed by atoms with Crippen LogP contribution in [0.15, 0.2) is 88.8 Å². The Bertz CT molecular complexity index is 1140. The van der Waals surface area contributed by atoms with E-state index in [1.54, 1.807) is 22.8 Å². The van der Waals surface area contributed by atoms with Crippen molar-refractivity contribution in [2.24, 2.45) is 0 Å². The summed E-state index contributed by atoms with van der Waals surface area (Å²) in [6, 6.07) is 23.8. The van der Waals surface area contributed by atoms with Crippen molar-refractivity contribution in [3.8, 4) is 0 Å². The average Bonchev–Trinajstić information content (AvgIpc) is 2.71. The molecule has 3 aromatic carbocycles. The Labute approximate surface area is 160 Å². The van der Waals surface area contributed by atoms with Crippen LogP contribution < -0.4 is 5.56 Å². The molecule has 4 aromatic rings. The molecular weight excluding hydrogens is 359 g/mol.